The van der Waals surface area contributed by atoms with Crippen LogP contribution in [0.2, 0.25) is 0 Å². The number of nitrogens with two attached hydrogens (primary N) is 1. The minimum Gasteiger partial charge on any atom is -0.393 e. The molecule has 1 saturated heterocycles. The summed E-state index contributed by atoms with van der Waals surface area (Å²) in [6.45, 7) is 8.02. The molecule has 0 saturated carbocycles. The van der Waals surface area contributed by atoms with Gasteiger partial charge in [-0.05, 0) is 25.7 Å². The molecule has 0 aliphatic carbocycles. The molecular formula is C15H28N2OS. The number of rotatable bonds is 6. The van der Waals surface area contributed by atoms with E-state index in [0.717, 1.165) is 51.6 Å². The summed E-state index contributed by atoms with van der Waals surface area (Å²) < 4.78 is 0. The second-order valence-electron chi connectivity index (χ2n) is 6.02. The molecular weight excluding hydrogens is 256 g/mol. The van der Waals surface area contributed by atoms with Gasteiger partial charge in [-0.1, -0.05) is 45.8 Å². The second kappa shape index (κ2) is 7.22. The van der Waals surface area contributed by atoms with Gasteiger partial charge in [0.1, 0.15) is 0 Å². The monoisotopic (exact) mass is 284 g/mol. The average Bonchev–Trinajstić information content (AvgIpc) is 2.38. The van der Waals surface area contributed by atoms with Gasteiger partial charge in [0.05, 0.1) is 4.99 Å². The van der Waals surface area contributed by atoms with E-state index in [0.29, 0.717) is 10.9 Å². The van der Waals surface area contributed by atoms with Crippen molar-refractivity contribution in [2.24, 2.45) is 17.1 Å². The normalized spacial score (nSPS) is 18.6. The lowest BCUT2D eigenvalue weighted by Crippen LogP contribution is -2.48. The van der Waals surface area contributed by atoms with Crippen molar-refractivity contribution in [3.63, 3.8) is 0 Å². The highest BCUT2D eigenvalue weighted by atomic mass is 32.1. The molecule has 1 amide bonds. The van der Waals surface area contributed by atoms with Gasteiger partial charge >= 0.3 is 0 Å². The van der Waals surface area contributed by atoms with Crippen LogP contribution in [0.3, 0.4) is 0 Å². The van der Waals surface area contributed by atoms with Gasteiger partial charge in [0.25, 0.3) is 0 Å². The van der Waals surface area contributed by atoms with Crippen molar-refractivity contribution in [2.45, 2.75) is 59.3 Å². The fraction of sp³-hybridized carbons (Fsp3) is 0.867. The van der Waals surface area contributed by atoms with Crippen LogP contribution < -0.4 is 5.73 Å². The smallest absolute Gasteiger partial charge is 0.225 e. The predicted molar refractivity (Wildman–Crippen MR) is 84.0 cm³/mol. The minimum absolute atomic E-state index is 0.0584. The van der Waals surface area contributed by atoms with Gasteiger partial charge in [-0.25, -0.2) is 0 Å². The van der Waals surface area contributed by atoms with Gasteiger partial charge in [-0.3, -0.25) is 4.79 Å². The van der Waals surface area contributed by atoms with Crippen LogP contribution in [0.25, 0.3) is 0 Å². The van der Waals surface area contributed by atoms with Gasteiger partial charge in [-0.15, -0.1) is 0 Å². The van der Waals surface area contributed by atoms with Crippen LogP contribution in [0.1, 0.15) is 59.3 Å². The Hall–Kier alpha value is -0.640. The number of nitrogens with zero attached hydrogens (tertiary/aromatic N) is 1. The van der Waals surface area contributed by atoms with Gasteiger partial charge in [0, 0.05) is 24.4 Å². The van der Waals surface area contributed by atoms with E-state index >= 15 is 0 Å². The second-order valence-corrected chi connectivity index (χ2v) is 6.46. The van der Waals surface area contributed by atoms with Gasteiger partial charge in [-0.2, -0.15) is 0 Å². The highest BCUT2D eigenvalue weighted by Gasteiger charge is 2.35. The lowest BCUT2D eigenvalue weighted by Gasteiger charge is -2.40. The summed E-state index contributed by atoms with van der Waals surface area (Å²) in [5.74, 6) is 0.554. The molecule has 1 heterocycles. The fourth-order valence-corrected chi connectivity index (χ4v) is 3.02. The van der Waals surface area contributed by atoms with E-state index in [2.05, 4.69) is 20.8 Å². The predicted octanol–water partition coefficient (Wildman–Crippen LogP) is 3.12. The Morgan fingerprint density at radius 1 is 1.26 bits per heavy atom. The van der Waals surface area contributed by atoms with Crippen molar-refractivity contribution in [1.29, 1.82) is 0 Å². The van der Waals surface area contributed by atoms with Crippen molar-refractivity contribution in [3.8, 4) is 0 Å². The third-order valence-corrected chi connectivity index (χ3v) is 4.89. The Bertz CT molecular complexity index is 316. The summed E-state index contributed by atoms with van der Waals surface area (Å²) in [7, 11) is 0. The fourth-order valence-electron chi connectivity index (χ4n) is 2.81. The number of thiocarbonyl (C=S) groups is 1. The topological polar surface area (TPSA) is 46.3 Å². The first-order valence-electron chi connectivity index (χ1n) is 7.53. The van der Waals surface area contributed by atoms with Crippen LogP contribution in [0, 0.1) is 11.3 Å². The largest absolute Gasteiger partial charge is 0.393 e. The molecule has 1 fully saturated rings. The number of hydrogen-bond acceptors (Lipinski definition) is 2. The van der Waals surface area contributed by atoms with E-state index in [1.54, 1.807) is 0 Å². The van der Waals surface area contributed by atoms with E-state index in [1.807, 2.05) is 4.90 Å². The summed E-state index contributed by atoms with van der Waals surface area (Å²) >= 11 is 5.14. The van der Waals surface area contributed by atoms with Crippen LogP contribution in [-0.4, -0.2) is 28.9 Å². The summed E-state index contributed by atoms with van der Waals surface area (Å²) in [5, 5.41) is 0. The van der Waals surface area contributed by atoms with E-state index in [9.17, 15) is 4.79 Å². The van der Waals surface area contributed by atoms with Crippen molar-refractivity contribution < 1.29 is 4.79 Å². The van der Waals surface area contributed by atoms with Crippen LogP contribution >= 0.6 is 12.2 Å². The van der Waals surface area contributed by atoms with Crippen molar-refractivity contribution in [2.75, 3.05) is 13.1 Å². The maximum Gasteiger partial charge on any atom is 0.225 e. The van der Waals surface area contributed by atoms with E-state index in [4.69, 9.17) is 18.0 Å². The molecule has 1 aliphatic rings. The highest BCUT2D eigenvalue weighted by Crippen LogP contribution is 2.32. The SMILES string of the molecule is CCCC(CCC)C(=O)N1CCC(C)(C(N)=S)CC1. The molecule has 0 aromatic heterocycles. The summed E-state index contributed by atoms with van der Waals surface area (Å²) in [5.41, 5.74) is 5.75. The van der Waals surface area contributed by atoms with Crippen molar-refractivity contribution in [3.05, 3.63) is 0 Å². The number of carbonyl (C=O) groups excluding carboxylic acids is 1. The van der Waals surface area contributed by atoms with Gasteiger partial charge in [0.15, 0.2) is 0 Å². The number of amides is 1. The number of piperidine rings is 1. The first-order valence-corrected chi connectivity index (χ1v) is 7.94. The number of carbonyl (C=O) groups is 1. The first-order chi connectivity index (χ1) is 8.94. The molecule has 2 N–H and O–H groups in total. The van der Waals surface area contributed by atoms with E-state index < -0.39 is 0 Å². The first kappa shape index (κ1) is 16.4. The number of likely N-dealkylation sites (tertiary alicyclic amines) is 1. The van der Waals surface area contributed by atoms with Gasteiger partial charge < -0.3 is 10.6 Å². The molecule has 0 aromatic carbocycles. The molecule has 0 aromatic rings. The Labute approximate surface area is 122 Å². The zero-order valence-electron chi connectivity index (χ0n) is 12.6. The number of hydrogen-bond donors (Lipinski definition) is 1. The van der Waals surface area contributed by atoms with Crippen LogP contribution in [0.5, 0.6) is 0 Å². The Kier molecular flexibility index (Phi) is 6.24. The zero-order chi connectivity index (χ0) is 14.5. The Balaban J connectivity index is 2.58. The quantitative estimate of drug-likeness (QED) is 0.762. The zero-order valence-corrected chi connectivity index (χ0v) is 13.4. The summed E-state index contributed by atoms with van der Waals surface area (Å²) in [6.07, 6.45) is 5.98. The lowest BCUT2D eigenvalue weighted by atomic mass is 9.80. The Morgan fingerprint density at radius 3 is 2.11 bits per heavy atom. The molecule has 0 spiro atoms. The molecule has 4 heteroatoms. The molecule has 1 rings (SSSR count). The van der Waals surface area contributed by atoms with Crippen molar-refractivity contribution >= 4 is 23.1 Å². The maximum absolute atomic E-state index is 12.5. The Morgan fingerprint density at radius 2 is 1.74 bits per heavy atom. The van der Waals surface area contributed by atoms with Gasteiger partial charge in [0.2, 0.25) is 5.91 Å². The molecule has 1 aliphatic heterocycles. The van der Waals surface area contributed by atoms with Crippen LogP contribution in [-0.2, 0) is 4.79 Å². The van der Waals surface area contributed by atoms with E-state index in [1.165, 1.54) is 0 Å². The molecule has 3 nitrogen and oxygen atoms in total. The standard InChI is InChI=1S/C15H28N2OS/c1-4-6-12(7-5-2)13(18)17-10-8-15(3,9-11-17)14(16)19/h12H,4-11H2,1-3H3,(H2,16,19). The molecule has 110 valence electrons. The molecule has 0 atom stereocenters. The van der Waals surface area contributed by atoms with Crippen LogP contribution in [0.15, 0.2) is 0 Å². The third kappa shape index (κ3) is 4.16. The molecule has 0 radical (unpaired) electrons. The summed E-state index contributed by atoms with van der Waals surface area (Å²) in [6, 6.07) is 0. The average molecular weight is 284 g/mol. The minimum atomic E-state index is -0.0584. The molecule has 0 bridgehead atoms. The summed E-state index contributed by atoms with van der Waals surface area (Å²) in [4.78, 5) is 15.1. The maximum atomic E-state index is 12.5. The molecule has 0 unspecified atom stereocenters. The molecule has 19 heavy (non-hydrogen) atoms. The van der Waals surface area contributed by atoms with E-state index in [-0.39, 0.29) is 11.3 Å². The van der Waals surface area contributed by atoms with Crippen molar-refractivity contribution in [1.82, 2.24) is 4.90 Å². The third-order valence-electron chi connectivity index (χ3n) is 4.40. The lowest BCUT2D eigenvalue weighted by molar-refractivity contribution is -0.137. The highest BCUT2D eigenvalue weighted by molar-refractivity contribution is 7.80. The van der Waals surface area contributed by atoms with Crippen LogP contribution in [0.4, 0.5) is 0 Å².